The van der Waals surface area contributed by atoms with Gasteiger partial charge in [0.25, 0.3) is 0 Å². The predicted octanol–water partition coefficient (Wildman–Crippen LogP) is 2.61. The minimum atomic E-state index is -4.49. The van der Waals surface area contributed by atoms with Crippen LogP contribution in [0.4, 0.5) is 13.2 Å². The molecule has 0 amide bonds. The number of nitrogens with zero attached hydrogens (tertiary/aromatic N) is 1. The van der Waals surface area contributed by atoms with Crippen LogP contribution in [0.1, 0.15) is 12.1 Å². The average Bonchev–Trinajstić information content (AvgIpc) is 2.42. The van der Waals surface area contributed by atoms with E-state index in [1.165, 1.54) is 0 Å². The molecule has 0 unspecified atom stereocenters. The van der Waals surface area contributed by atoms with Crippen molar-refractivity contribution in [2.45, 2.75) is 19.1 Å². The first-order chi connectivity index (χ1) is 9.75. The van der Waals surface area contributed by atoms with Crippen LogP contribution in [0, 0.1) is 0 Å². The summed E-state index contributed by atoms with van der Waals surface area (Å²) >= 11 is 0. The second-order valence-electron chi connectivity index (χ2n) is 4.50. The van der Waals surface area contributed by atoms with Crippen molar-refractivity contribution in [3.05, 3.63) is 42.1 Å². The summed E-state index contributed by atoms with van der Waals surface area (Å²) in [6.07, 6.45) is -5.86. The molecule has 21 heavy (non-hydrogen) atoms. The summed E-state index contributed by atoms with van der Waals surface area (Å²) in [4.78, 5) is 4.24. The molecule has 0 fully saturated rings. The Morgan fingerprint density at radius 1 is 1.10 bits per heavy atom. The molecule has 1 N–H and O–H groups in total. The summed E-state index contributed by atoms with van der Waals surface area (Å²) in [5.74, 6) is -0.982. The molecular formula is C13H13F3N2O2S. The number of alkyl halides is 3. The van der Waals surface area contributed by atoms with Gasteiger partial charge in [0.1, 0.15) is 0 Å². The van der Waals surface area contributed by atoms with Gasteiger partial charge in [-0.1, -0.05) is 24.3 Å². The maximum Gasteiger partial charge on any atom is 0.390 e. The first kappa shape index (κ1) is 15.7. The van der Waals surface area contributed by atoms with Gasteiger partial charge in [0.15, 0.2) is 0 Å². The number of hydrogen-bond donors (Lipinski definition) is 1. The van der Waals surface area contributed by atoms with E-state index in [1.54, 1.807) is 24.3 Å². The average molecular weight is 318 g/mol. The summed E-state index contributed by atoms with van der Waals surface area (Å²) in [7, 11) is -3.98. The molecule has 0 aliphatic carbocycles. The molecule has 0 spiro atoms. The van der Waals surface area contributed by atoms with Gasteiger partial charge < -0.3 is 0 Å². The predicted molar refractivity (Wildman–Crippen MR) is 73.0 cm³/mol. The molecule has 1 aromatic carbocycles. The highest BCUT2D eigenvalue weighted by molar-refractivity contribution is 7.89. The van der Waals surface area contributed by atoms with Gasteiger partial charge >= 0.3 is 6.18 Å². The Bertz CT molecular complexity index is 730. The number of sulfonamides is 1. The molecule has 0 aliphatic heterocycles. The first-order valence-electron chi connectivity index (χ1n) is 6.14. The third-order valence-electron chi connectivity index (χ3n) is 2.78. The van der Waals surface area contributed by atoms with Crippen molar-refractivity contribution in [3.8, 4) is 0 Å². The van der Waals surface area contributed by atoms with Gasteiger partial charge in [-0.2, -0.15) is 13.2 Å². The molecule has 4 nitrogen and oxygen atoms in total. The van der Waals surface area contributed by atoms with E-state index in [0.29, 0.717) is 11.2 Å². The molecule has 0 saturated carbocycles. The number of aromatic nitrogens is 1. The van der Waals surface area contributed by atoms with Crippen molar-refractivity contribution in [3.63, 3.8) is 0 Å². The maximum absolute atomic E-state index is 12.0. The summed E-state index contributed by atoms with van der Waals surface area (Å²) < 4.78 is 61.1. The Balaban J connectivity index is 2.00. The van der Waals surface area contributed by atoms with E-state index in [0.717, 1.165) is 5.39 Å². The van der Waals surface area contributed by atoms with Gasteiger partial charge in [0.05, 0.1) is 29.9 Å². The molecule has 2 aromatic rings. The highest BCUT2D eigenvalue weighted by Crippen LogP contribution is 2.20. The summed E-state index contributed by atoms with van der Waals surface area (Å²) in [5.41, 5.74) is 1.15. The smallest absolute Gasteiger partial charge is 0.251 e. The number of hydrogen-bond acceptors (Lipinski definition) is 3. The number of para-hydroxylation sites is 1. The van der Waals surface area contributed by atoms with Crippen LogP contribution in [0.3, 0.4) is 0 Å². The zero-order valence-electron chi connectivity index (χ0n) is 10.9. The Morgan fingerprint density at radius 3 is 2.52 bits per heavy atom. The van der Waals surface area contributed by atoms with Gasteiger partial charge in [-0.3, -0.25) is 4.98 Å². The molecule has 2 rings (SSSR count). The van der Waals surface area contributed by atoms with E-state index in [9.17, 15) is 21.6 Å². The molecule has 1 heterocycles. The Morgan fingerprint density at radius 2 is 1.81 bits per heavy atom. The first-order valence-corrected chi connectivity index (χ1v) is 7.79. The van der Waals surface area contributed by atoms with E-state index >= 15 is 0 Å². The third kappa shape index (κ3) is 4.98. The fourth-order valence-electron chi connectivity index (χ4n) is 1.71. The molecule has 0 radical (unpaired) electrons. The van der Waals surface area contributed by atoms with Gasteiger partial charge in [-0.15, -0.1) is 0 Å². The number of rotatable bonds is 5. The third-order valence-corrected chi connectivity index (χ3v) is 4.11. The molecule has 8 heteroatoms. The van der Waals surface area contributed by atoms with Crippen LogP contribution < -0.4 is 4.72 Å². The normalized spacial score (nSPS) is 12.7. The zero-order valence-corrected chi connectivity index (χ0v) is 11.7. The topological polar surface area (TPSA) is 59.1 Å². The highest BCUT2D eigenvalue weighted by atomic mass is 32.2. The molecule has 0 aliphatic rings. The van der Waals surface area contributed by atoms with Gasteiger partial charge in [-0.25, -0.2) is 13.1 Å². The van der Waals surface area contributed by atoms with Crippen LogP contribution in [0.25, 0.3) is 10.9 Å². The largest absolute Gasteiger partial charge is 0.390 e. The van der Waals surface area contributed by atoms with Crippen LogP contribution in [0.2, 0.25) is 0 Å². The Labute approximate surface area is 120 Å². The van der Waals surface area contributed by atoms with E-state index < -0.39 is 28.4 Å². The van der Waals surface area contributed by atoms with E-state index in [-0.39, 0.29) is 6.54 Å². The molecule has 0 saturated heterocycles. The lowest BCUT2D eigenvalue weighted by Crippen LogP contribution is -2.28. The van der Waals surface area contributed by atoms with E-state index in [2.05, 4.69) is 9.71 Å². The van der Waals surface area contributed by atoms with Crippen LogP contribution >= 0.6 is 0 Å². The summed E-state index contributed by atoms with van der Waals surface area (Å²) in [5, 5.41) is 0.904. The zero-order chi connectivity index (χ0) is 15.5. The van der Waals surface area contributed by atoms with Gasteiger partial charge in [0, 0.05) is 5.39 Å². The lowest BCUT2D eigenvalue weighted by molar-refractivity contribution is -0.129. The Hall–Kier alpha value is -1.67. The SMILES string of the molecule is O=S(=O)(CCC(F)(F)F)NCc1ccc2ccccc2n1. The quantitative estimate of drug-likeness (QED) is 0.922. The van der Waals surface area contributed by atoms with Crippen molar-refractivity contribution in [1.29, 1.82) is 0 Å². The fourth-order valence-corrected chi connectivity index (χ4v) is 2.73. The van der Waals surface area contributed by atoms with Crippen molar-refractivity contribution >= 4 is 20.9 Å². The molecule has 114 valence electrons. The number of halogens is 3. The molecular weight excluding hydrogens is 305 g/mol. The molecule has 0 bridgehead atoms. The lowest BCUT2D eigenvalue weighted by atomic mass is 10.2. The number of fused-ring (bicyclic) bond motifs is 1. The summed E-state index contributed by atoms with van der Waals surface area (Å²) in [6.45, 7) is -0.134. The van der Waals surface area contributed by atoms with Crippen LogP contribution in [0.15, 0.2) is 36.4 Å². The van der Waals surface area contributed by atoms with Crippen molar-refractivity contribution in [1.82, 2.24) is 9.71 Å². The highest BCUT2D eigenvalue weighted by Gasteiger charge is 2.29. The van der Waals surface area contributed by atoms with Crippen molar-refractivity contribution in [2.24, 2.45) is 0 Å². The number of benzene rings is 1. The second-order valence-corrected chi connectivity index (χ2v) is 6.43. The lowest BCUT2D eigenvalue weighted by Gasteiger charge is -2.09. The van der Waals surface area contributed by atoms with E-state index in [4.69, 9.17) is 0 Å². The fraction of sp³-hybridized carbons (Fsp3) is 0.308. The van der Waals surface area contributed by atoms with Crippen LogP contribution in [0.5, 0.6) is 0 Å². The van der Waals surface area contributed by atoms with Crippen LogP contribution in [-0.4, -0.2) is 25.3 Å². The molecule has 0 atom stereocenters. The van der Waals surface area contributed by atoms with E-state index in [1.807, 2.05) is 12.1 Å². The Kier molecular flexibility index (Phi) is 4.48. The number of nitrogens with one attached hydrogen (secondary N) is 1. The van der Waals surface area contributed by atoms with Gasteiger partial charge in [0.2, 0.25) is 10.0 Å². The minimum absolute atomic E-state index is 0.134. The van der Waals surface area contributed by atoms with Crippen molar-refractivity contribution < 1.29 is 21.6 Å². The monoisotopic (exact) mass is 318 g/mol. The number of pyridine rings is 1. The van der Waals surface area contributed by atoms with Gasteiger partial charge in [-0.05, 0) is 12.1 Å². The maximum atomic E-state index is 12.0. The van der Waals surface area contributed by atoms with Crippen molar-refractivity contribution in [2.75, 3.05) is 5.75 Å². The second kappa shape index (κ2) is 5.98. The van der Waals surface area contributed by atoms with Crippen LogP contribution in [-0.2, 0) is 16.6 Å². The standard InChI is InChI=1S/C13H13F3N2O2S/c14-13(15,16)7-8-21(19,20)17-9-11-6-5-10-3-1-2-4-12(10)18-11/h1-6,17H,7-9H2. The summed E-state index contributed by atoms with van der Waals surface area (Å²) in [6, 6.07) is 10.7. The minimum Gasteiger partial charge on any atom is -0.251 e. The molecule has 1 aromatic heterocycles.